The van der Waals surface area contributed by atoms with Crippen LogP contribution in [-0.4, -0.2) is 117 Å². The summed E-state index contributed by atoms with van der Waals surface area (Å²) in [6, 6.07) is 0. The van der Waals surface area contributed by atoms with E-state index in [0.29, 0.717) is 6.61 Å². The van der Waals surface area contributed by atoms with Crippen molar-refractivity contribution < 1.29 is 49.6 Å². The molecule has 12 heteroatoms. The maximum atomic E-state index is 10.5. The van der Waals surface area contributed by atoms with Gasteiger partial charge in [-0.3, -0.25) is 0 Å². The Morgan fingerprint density at radius 2 is 1.38 bits per heavy atom. The Balaban J connectivity index is 1.98. The number of aliphatic hydroxyl groups is 6. The highest BCUT2D eigenvalue weighted by molar-refractivity contribution is 7.80. The largest absolute Gasteiger partial charge is 0.394 e. The molecular formula is C17H32O10S2. The average molecular weight is 461 g/mol. The van der Waals surface area contributed by atoms with Crippen molar-refractivity contribution >= 4 is 25.3 Å². The summed E-state index contributed by atoms with van der Waals surface area (Å²) in [7, 11) is 0. The zero-order valence-electron chi connectivity index (χ0n) is 15.9. The molecule has 0 bridgehead atoms. The molecule has 0 aromatic rings. The summed E-state index contributed by atoms with van der Waals surface area (Å²) in [6.45, 7) is -0.262. The summed E-state index contributed by atoms with van der Waals surface area (Å²) in [5.74, 6) is 0.811. The molecule has 0 saturated carbocycles. The third-order valence-corrected chi connectivity index (χ3v) is 5.72. The minimum atomic E-state index is -1.62. The highest BCUT2D eigenvalue weighted by Crippen LogP contribution is 2.29. The highest BCUT2D eigenvalue weighted by atomic mass is 32.1. The summed E-state index contributed by atoms with van der Waals surface area (Å²) in [4.78, 5) is 0. The fourth-order valence-electron chi connectivity index (χ4n) is 3.28. The molecule has 2 aliphatic rings. The third-order valence-electron chi connectivity index (χ3n) is 5.04. The number of hydrogen-bond donors (Lipinski definition) is 8. The molecule has 2 heterocycles. The molecule has 172 valence electrons. The Hall–Kier alpha value is 0.300. The van der Waals surface area contributed by atoms with Gasteiger partial charge in [0.05, 0.1) is 12.7 Å². The molecule has 10 nitrogen and oxygen atoms in total. The number of hydrogen-bond acceptors (Lipinski definition) is 12. The van der Waals surface area contributed by atoms with Crippen LogP contribution in [0.1, 0.15) is 19.3 Å². The van der Waals surface area contributed by atoms with Crippen molar-refractivity contribution in [3.63, 3.8) is 0 Å². The maximum absolute atomic E-state index is 10.5. The zero-order valence-corrected chi connectivity index (χ0v) is 17.7. The van der Waals surface area contributed by atoms with Crippen LogP contribution in [0, 0.1) is 0 Å². The van der Waals surface area contributed by atoms with E-state index in [1.807, 2.05) is 0 Å². The van der Waals surface area contributed by atoms with Gasteiger partial charge in [-0.2, -0.15) is 25.3 Å². The molecule has 2 aliphatic heterocycles. The molecular weight excluding hydrogens is 428 g/mol. The van der Waals surface area contributed by atoms with Crippen LogP contribution in [0.15, 0.2) is 0 Å². The second kappa shape index (κ2) is 12.4. The lowest BCUT2D eigenvalue weighted by molar-refractivity contribution is -0.356. The number of unbranched alkanes of at least 4 members (excludes halogenated alkanes) is 2. The van der Waals surface area contributed by atoms with Crippen molar-refractivity contribution in [1.82, 2.24) is 0 Å². The van der Waals surface area contributed by atoms with Gasteiger partial charge >= 0.3 is 0 Å². The lowest BCUT2D eigenvalue weighted by Gasteiger charge is -2.46. The van der Waals surface area contributed by atoms with E-state index in [4.69, 9.17) is 18.9 Å². The molecule has 0 amide bonds. The summed E-state index contributed by atoms with van der Waals surface area (Å²) >= 11 is 8.15. The Bertz CT molecular complexity index is 471. The molecule has 0 aliphatic carbocycles. The fourth-order valence-corrected chi connectivity index (χ4v) is 3.81. The topological polar surface area (TPSA) is 158 Å². The number of aliphatic hydroxyl groups excluding tert-OH is 6. The average Bonchev–Trinajstić information content (AvgIpc) is 2.72. The molecule has 6 unspecified atom stereocenters. The second-order valence-electron chi connectivity index (χ2n) is 7.16. The first-order valence-electron chi connectivity index (χ1n) is 9.66. The summed E-state index contributed by atoms with van der Waals surface area (Å²) in [6.07, 6.45) is -10.9. The van der Waals surface area contributed by atoms with Crippen LogP contribution in [0.4, 0.5) is 0 Å². The van der Waals surface area contributed by atoms with Gasteiger partial charge < -0.3 is 49.6 Å². The number of rotatable bonds is 10. The van der Waals surface area contributed by atoms with Crippen LogP contribution in [-0.2, 0) is 18.9 Å². The van der Waals surface area contributed by atoms with Crippen molar-refractivity contribution in [2.24, 2.45) is 0 Å². The molecule has 2 rings (SSSR count). The van der Waals surface area contributed by atoms with Crippen molar-refractivity contribution in [3.8, 4) is 0 Å². The Kier molecular flexibility index (Phi) is 10.9. The first kappa shape index (κ1) is 25.6. The molecule has 0 aromatic heterocycles. The second-order valence-corrected chi connectivity index (χ2v) is 7.97. The van der Waals surface area contributed by atoms with E-state index in [9.17, 15) is 30.6 Å². The lowest BCUT2D eigenvalue weighted by Crippen LogP contribution is -2.64. The van der Waals surface area contributed by atoms with Crippen molar-refractivity contribution in [2.75, 3.05) is 24.7 Å². The predicted octanol–water partition coefficient (Wildman–Crippen LogP) is -2.34. The van der Waals surface area contributed by atoms with Gasteiger partial charge in [0, 0.05) is 12.4 Å². The Morgan fingerprint density at radius 1 is 0.724 bits per heavy atom. The van der Waals surface area contributed by atoms with E-state index in [-0.39, 0.29) is 5.75 Å². The highest BCUT2D eigenvalue weighted by Gasteiger charge is 2.50. The van der Waals surface area contributed by atoms with E-state index < -0.39 is 68.0 Å². The van der Waals surface area contributed by atoms with Crippen LogP contribution in [0.3, 0.4) is 0 Å². The minimum absolute atomic E-state index is 0.0454. The van der Waals surface area contributed by atoms with E-state index in [0.717, 1.165) is 25.0 Å². The van der Waals surface area contributed by atoms with E-state index in [2.05, 4.69) is 25.3 Å². The van der Waals surface area contributed by atoms with Crippen LogP contribution >= 0.6 is 25.3 Å². The van der Waals surface area contributed by atoms with Gasteiger partial charge in [-0.1, -0.05) is 6.42 Å². The monoisotopic (exact) mass is 460 g/mol. The Labute approximate surface area is 180 Å². The lowest BCUT2D eigenvalue weighted by atomic mass is 9.97. The third kappa shape index (κ3) is 6.40. The number of ether oxygens (including phenoxy) is 4. The van der Waals surface area contributed by atoms with E-state index in [1.165, 1.54) is 0 Å². The predicted molar refractivity (Wildman–Crippen MR) is 107 cm³/mol. The van der Waals surface area contributed by atoms with E-state index >= 15 is 0 Å². The standard InChI is InChI=1S/C17H32O10S2/c18-6-8-15(27-17-13(22)11(20)10(19)9(7-29)26-17)12(21)14(23)16(25-8)24-4-2-1-3-5-28/h8-23,28-29H,1-7H2/t8?,9?,10-,11?,12?,13?,14?,15-,16+,17-/m0/s1. The van der Waals surface area contributed by atoms with Gasteiger partial charge in [-0.15, -0.1) is 0 Å². The normalized spacial score (nSPS) is 43.4. The maximum Gasteiger partial charge on any atom is 0.187 e. The summed E-state index contributed by atoms with van der Waals surface area (Å²) in [5.41, 5.74) is 0. The van der Waals surface area contributed by atoms with Crippen LogP contribution < -0.4 is 0 Å². The molecule has 2 fully saturated rings. The first-order chi connectivity index (χ1) is 13.8. The SMILES string of the molecule is OCC1O[C@@H](OCCCCCS)C(O)C(O)[C@H]1O[C@@H]1OC(CS)[C@H](O)C(O)C1O. The van der Waals surface area contributed by atoms with E-state index in [1.54, 1.807) is 0 Å². The summed E-state index contributed by atoms with van der Waals surface area (Å²) in [5, 5.41) is 60.5. The van der Waals surface area contributed by atoms with Gasteiger partial charge in [0.2, 0.25) is 0 Å². The molecule has 6 N–H and O–H groups in total. The molecule has 0 radical (unpaired) electrons. The van der Waals surface area contributed by atoms with Crippen molar-refractivity contribution in [1.29, 1.82) is 0 Å². The molecule has 2 saturated heterocycles. The minimum Gasteiger partial charge on any atom is -0.394 e. The smallest absolute Gasteiger partial charge is 0.187 e. The molecule has 0 aromatic carbocycles. The van der Waals surface area contributed by atoms with Gasteiger partial charge in [-0.25, -0.2) is 0 Å². The van der Waals surface area contributed by atoms with Crippen molar-refractivity contribution in [3.05, 3.63) is 0 Å². The van der Waals surface area contributed by atoms with Gasteiger partial charge in [0.1, 0.15) is 42.7 Å². The first-order valence-corrected chi connectivity index (χ1v) is 10.9. The van der Waals surface area contributed by atoms with Crippen LogP contribution in [0.2, 0.25) is 0 Å². The molecule has 0 spiro atoms. The number of thiol groups is 2. The van der Waals surface area contributed by atoms with Crippen molar-refractivity contribution in [2.45, 2.75) is 80.7 Å². The molecule has 29 heavy (non-hydrogen) atoms. The van der Waals surface area contributed by atoms with Crippen LogP contribution in [0.5, 0.6) is 0 Å². The zero-order chi connectivity index (χ0) is 21.6. The fraction of sp³-hybridized carbons (Fsp3) is 1.00. The summed E-state index contributed by atoms with van der Waals surface area (Å²) < 4.78 is 22.0. The van der Waals surface area contributed by atoms with Gasteiger partial charge in [-0.05, 0) is 18.6 Å². The van der Waals surface area contributed by atoms with Crippen LogP contribution in [0.25, 0.3) is 0 Å². The Morgan fingerprint density at radius 3 is 2.00 bits per heavy atom. The quantitative estimate of drug-likeness (QED) is 0.131. The van der Waals surface area contributed by atoms with Gasteiger partial charge in [0.25, 0.3) is 0 Å². The molecule has 10 atom stereocenters. The van der Waals surface area contributed by atoms with Gasteiger partial charge in [0.15, 0.2) is 12.6 Å².